The van der Waals surface area contributed by atoms with Gasteiger partial charge < -0.3 is 15.4 Å². The minimum Gasteiger partial charge on any atom is -0.490 e. The lowest BCUT2D eigenvalue weighted by Crippen LogP contribution is -2.20. The smallest absolute Gasteiger partial charge is 0.145 e. The van der Waals surface area contributed by atoms with Gasteiger partial charge in [-0.05, 0) is 38.7 Å². The van der Waals surface area contributed by atoms with E-state index < -0.39 is 0 Å². The molecule has 1 rings (SSSR count). The predicted octanol–water partition coefficient (Wildman–Crippen LogP) is 2.28. The number of nitrogen functional groups attached to an aromatic ring is 1. The molecule has 0 amide bonds. The fourth-order valence-electron chi connectivity index (χ4n) is 1.28. The number of likely N-dealkylation sites (N-methyl/N-ethyl adjacent to an activating group) is 1. The summed E-state index contributed by atoms with van der Waals surface area (Å²) < 4.78 is 6.63. The number of hydrogen-bond donors (Lipinski definition) is 1. The van der Waals surface area contributed by atoms with Crippen molar-refractivity contribution in [2.75, 3.05) is 33.0 Å². The minimum absolute atomic E-state index is 0.652. The van der Waals surface area contributed by atoms with Crippen LogP contribution in [0.1, 0.15) is 5.56 Å². The second kappa shape index (κ2) is 5.37. The van der Waals surface area contributed by atoms with Gasteiger partial charge in [0, 0.05) is 11.0 Å². The molecule has 0 saturated carbocycles. The fourth-order valence-corrected chi connectivity index (χ4v) is 1.87. The van der Waals surface area contributed by atoms with Gasteiger partial charge in [0.05, 0.1) is 5.69 Å². The predicted molar refractivity (Wildman–Crippen MR) is 67.3 cm³/mol. The van der Waals surface area contributed by atoms with Crippen LogP contribution in [-0.4, -0.2) is 32.1 Å². The molecule has 0 fully saturated rings. The number of halogens is 1. The number of hydrogen-bond acceptors (Lipinski definition) is 3. The topological polar surface area (TPSA) is 38.5 Å². The Balaban J connectivity index is 2.68. The molecule has 0 spiro atoms. The van der Waals surface area contributed by atoms with Crippen LogP contribution in [0.15, 0.2) is 16.6 Å². The first kappa shape index (κ1) is 12.3. The van der Waals surface area contributed by atoms with Crippen LogP contribution in [0.4, 0.5) is 5.69 Å². The molecular formula is C11H17BrN2O. The number of nitrogens with zero attached hydrogens (tertiary/aromatic N) is 1. The van der Waals surface area contributed by atoms with E-state index in [2.05, 4.69) is 20.8 Å². The largest absolute Gasteiger partial charge is 0.490 e. The lowest BCUT2D eigenvalue weighted by Gasteiger charge is -2.14. The number of ether oxygens (including phenoxy) is 1. The highest BCUT2D eigenvalue weighted by Crippen LogP contribution is 2.29. The van der Waals surface area contributed by atoms with E-state index in [0.717, 1.165) is 22.3 Å². The summed E-state index contributed by atoms with van der Waals surface area (Å²) >= 11 is 3.39. The molecule has 0 unspecified atom stereocenters. The zero-order chi connectivity index (χ0) is 11.4. The summed E-state index contributed by atoms with van der Waals surface area (Å²) in [5.74, 6) is 0.792. The first-order valence-electron chi connectivity index (χ1n) is 4.84. The number of nitrogens with two attached hydrogens (primary N) is 1. The molecule has 0 bridgehead atoms. The molecule has 0 radical (unpaired) electrons. The van der Waals surface area contributed by atoms with Crippen LogP contribution in [0.2, 0.25) is 0 Å². The Bertz CT molecular complexity index is 316. The van der Waals surface area contributed by atoms with Crippen molar-refractivity contribution in [2.45, 2.75) is 6.92 Å². The summed E-state index contributed by atoms with van der Waals surface area (Å²) in [7, 11) is 4.03. The van der Waals surface area contributed by atoms with E-state index >= 15 is 0 Å². The summed E-state index contributed by atoms with van der Waals surface area (Å²) in [6.45, 7) is 3.53. The third kappa shape index (κ3) is 3.72. The van der Waals surface area contributed by atoms with Crippen molar-refractivity contribution in [3.8, 4) is 5.75 Å². The van der Waals surface area contributed by atoms with E-state index in [4.69, 9.17) is 10.5 Å². The second-order valence-corrected chi connectivity index (χ2v) is 4.71. The molecular weight excluding hydrogens is 256 g/mol. The zero-order valence-electron chi connectivity index (χ0n) is 9.38. The first-order chi connectivity index (χ1) is 7.00. The summed E-state index contributed by atoms with van der Waals surface area (Å²) in [5, 5.41) is 0. The third-order valence-electron chi connectivity index (χ3n) is 2.05. The Morgan fingerprint density at radius 1 is 1.40 bits per heavy atom. The molecule has 0 saturated heterocycles. The van der Waals surface area contributed by atoms with Gasteiger partial charge in [0.15, 0.2) is 0 Å². The van der Waals surface area contributed by atoms with Crippen molar-refractivity contribution in [3.63, 3.8) is 0 Å². The third-order valence-corrected chi connectivity index (χ3v) is 2.51. The van der Waals surface area contributed by atoms with Crippen LogP contribution < -0.4 is 10.5 Å². The van der Waals surface area contributed by atoms with E-state index in [0.29, 0.717) is 12.3 Å². The Labute approximate surface area is 99.3 Å². The van der Waals surface area contributed by atoms with Gasteiger partial charge in [0.25, 0.3) is 0 Å². The number of rotatable bonds is 4. The molecule has 1 aromatic rings. The minimum atomic E-state index is 0.652. The van der Waals surface area contributed by atoms with E-state index in [-0.39, 0.29) is 0 Å². The highest BCUT2D eigenvalue weighted by atomic mass is 79.9. The summed E-state index contributed by atoms with van der Waals surface area (Å²) in [6.07, 6.45) is 0. The second-order valence-electron chi connectivity index (χ2n) is 3.79. The van der Waals surface area contributed by atoms with Crippen LogP contribution in [0.5, 0.6) is 5.75 Å². The van der Waals surface area contributed by atoms with Gasteiger partial charge in [-0.25, -0.2) is 0 Å². The summed E-state index contributed by atoms with van der Waals surface area (Å²) in [5.41, 5.74) is 7.61. The van der Waals surface area contributed by atoms with E-state index in [1.807, 2.05) is 33.2 Å². The van der Waals surface area contributed by atoms with Crippen molar-refractivity contribution in [3.05, 3.63) is 22.2 Å². The molecule has 84 valence electrons. The lowest BCUT2D eigenvalue weighted by molar-refractivity contribution is 0.261. The van der Waals surface area contributed by atoms with Crippen LogP contribution in [0.25, 0.3) is 0 Å². The molecule has 1 aromatic carbocycles. The van der Waals surface area contributed by atoms with Crippen molar-refractivity contribution in [1.29, 1.82) is 0 Å². The standard InChI is InChI=1S/C11H17BrN2O/c1-8-6-9(12)7-10(13)11(8)15-5-4-14(2)3/h6-7H,4-5,13H2,1-3H3. The van der Waals surface area contributed by atoms with Gasteiger partial charge in [-0.3, -0.25) is 0 Å². The van der Waals surface area contributed by atoms with E-state index in [1.165, 1.54) is 0 Å². The maximum atomic E-state index is 5.87. The highest BCUT2D eigenvalue weighted by Gasteiger charge is 2.06. The lowest BCUT2D eigenvalue weighted by atomic mass is 10.2. The number of aryl methyl sites for hydroxylation is 1. The fraction of sp³-hybridized carbons (Fsp3) is 0.455. The van der Waals surface area contributed by atoms with Gasteiger partial charge in [-0.1, -0.05) is 15.9 Å². The maximum absolute atomic E-state index is 5.87. The molecule has 0 aliphatic carbocycles. The monoisotopic (exact) mass is 272 g/mol. The summed E-state index contributed by atoms with van der Waals surface area (Å²) in [4.78, 5) is 2.07. The quantitative estimate of drug-likeness (QED) is 0.855. The molecule has 0 aliphatic heterocycles. The van der Waals surface area contributed by atoms with E-state index in [1.54, 1.807) is 0 Å². The van der Waals surface area contributed by atoms with Crippen LogP contribution in [-0.2, 0) is 0 Å². The molecule has 4 heteroatoms. The average Bonchev–Trinajstić information content (AvgIpc) is 2.08. The van der Waals surface area contributed by atoms with Crippen LogP contribution in [0.3, 0.4) is 0 Å². The van der Waals surface area contributed by atoms with Gasteiger partial charge in [0.1, 0.15) is 12.4 Å². The van der Waals surface area contributed by atoms with Crippen LogP contribution >= 0.6 is 15.9 Å². The molecule has 0 atom stereocenters. The Morgan fingerprint density at radius 3 is 2.60 bits per heavy atom. The van der Waals surface area contributed by atoms with Crippen molar-refractivity contribution >= 4 is 21.6 Å². The average molecular weight is 273 g/mol. The Hall–Kier alpha value is -0.740. The van der Waals surface area contributed by atoms with Crippen molar-refractivity contribution in [2.24, 2.45) is 0 Å². The molecule has 2 N–H and O–H groups in total. The number of benzene rings is 1. The van der Waals surface area contributed by atoms with Gasteiger partial charge in [-0.2, -0.15) is 0 Å². The van der Waals surface area contributed by atoms with Gasteiger partial charge in [-0.15, -0.1) is 0 Å². The van der Waals surface area contributed by atoms with Crippen molar-refractivity contribution < 1.29 is 4.74 Å². The molecule has 0 aromatic heterocycles. The number of anilines is 1. The first-order valence-corrected chi connectivity index (χ1v) is 5.63. The highest BCUT2D eigenvalue weighted by molar-refractivity contribution is 9.10. The van der Waals surface area contributed by atoms with E-state index in [9.17, 15) is 0 Å². The molecule has 0 aliphatic rings. The Morgan fingerprint density at radius 2 is 2.07 bits per heavy atom. The SMILES string of the molecule is Cc1cc(Br)cc(N)c1OCCN(C)C. The molecule has 15 heavy (non-hydrogen) atoms. The van der Waals surface area contributed by atoms with Gasteiger partial charge >= 0.3 is 0 Å². The molecule has 0 heterocycles. The Kier molecular flexibility index (Phi) is 4.42. The van der Waals surface area contributed by atoms with Crippen LogP contribution in [0, 0.1) is 6.92 Å². The zero-order valence-corrected chi connectivity index (χ0v) is 11.0. The van der Waals surface area contributed by atoms with Gasteiger partial charge in [0.2, 0.25) is 0 Å². The normalized spacial score (nSPS) is 10.7. The van der Waals surface area contributed by atoms with Crippen molar-refractivity contribution in [1.82, 2.24) is 4.90 Å². The summed E-state index contributed by atoms with van der Waals surface area (Å²) in [6, 6.07) is 3.86. The molecule has 3 nitrogen and oxygen atoms in total. The maximum Gasteiger partial charge on any atom is 0.145 e.